The molecular weight excluding hydrogens is 1400 g/mol. The molecule has 0 heterocycles. The first-order valence-electron chi connectivity index (χ1n) is 50.0. The van der Waals surface area contributed by atoms with E-state index in [4.69, 9.17) is 0 Å². The van der Waals surface area contributed by atoms with Gasteiger partial charge in [-0.2, -0.15) is 0 Å². The van der Waals surface area contributed by atoms with E-state index in [9.17, 15) is 0 Å². The van der Waals surface area contributed by atoms with E-state index in [0.29, 0.717) is 0 Å². The zero-order chi connectivity index (χ0) is 78.2. The normalized spacial score (nSPS) is 12.2. The van der Waals surface area contributed by atoms with Crippen molar-refractivity contribution < 1.29 is 24.8 Å². The highest BCUT2D eigenvalue weighted by Crippen LogP contribution is 2.72. The summed E-state index contributed by atoms with van der Waals surface area (Å²) in [7, 11) is -3.99. The molecule has 108 heavy (non-hydrogen) atoms. The van der Waals surface area contributed by atoms with Crippen molar-refractivity contribution in [2.24, 2.45) is 0 Å². The molecule has 0 aliphatic rings. The zero-order valence-corrected chi connectivity index (χ0v) is 81.1. The number of hydrogen-bond donors (Lipinski definition) is 0. The topological polar surface area (TPSA) is 25.9 Å². The minimum absolute atomic E-state index is 0. The molecule has 0 aromatic heterocycles. The fraction of sp³-hybridized carbons (Fsp3) is 1.00. The summed E-state index contributed by atoms with van der Waals surface area (Å²) in [5, 5.41) is 0. The summed E-state index contributed by atoms with van der Waals surface area (Å²) >= 11 is 0. The van der Waals surface area contributed by atoms with E-state index in [2.05, 4.69) is 148 Å². The van der Waals surface area contributed by atoms with Gasteiger partial charge in [-0.1, -0.05) is 419 Å². The van der Waals surface area contributed by atoms with Gasteiger partial charge < -0.3 is 24.8 Å². The van der Waals surface area contributed by atoms with E-state index in [0.717, 1.165) is 0 Å². The maximum atomic E-state index is 3.29. The van der Waals surface area contributed by atoms with Gasteiger partial charge >= 0.3 is 15.7 Å². The van der Waals surface area contributed by atoms with Gasteiger partial charge in [0.05, 0.1) is 0 Å². The lowest BCUT2D eigenvalue weighted by Crippen LogP contribution is -3.00. The second-order valence-electron chi connectivity index (χ2n) is 33.7. The molecule has 0 saturated carbocycles. The van der Waals surface area contributed by atoms with E-state index >= 15 is 0 Å². The quantitative estimate of drug-likeness (QED) is 0.0439. The van der Waals surface area contributed by atoms with Gasteiger partial charge in [0.2, 0.25) is 0 Å². The van der Waals surface area contributed by atoms with Crippen LogP contribution in [0, 0.1) is 0 Å². The lowest BCUT2D eigenvalue weighted by Gasteiger charge is -2.52. The Bertz CT molecular complexity index is 1210. The molecule has 8 nitrogen and oxygen atoms in total. The molecule has 0 aliphatic carbocycles. The molecule has 0 aromatic carbocycles. The summed E-state index contributed by atoms with van der Waals surface area (Å²) in [6, 6.07) is 0. The Labute approximate surface area is 699 Å². The van der Waals surface area contributed by atoms with Crippen molar-refractivity contribution in [1.29, 1.82) is 0 Å². The number of unbranched alkanes of at least 4 members (excludes halogenated alkanes) is 48. The molecule has 0 radical (unpaired) electrons. The minimum Gasteiger partial charge on any atom is -1.00 e. The second-order valence-corrected chi connectivity index (χ2v) is 40.3. The average Bonchev–Trinajstić information content (AvgIpc) is 0.756. The summed E-state index contributed by atoms with van der Waals surface area (Å²) in [5.74, 6) is 0. The van der Waals surface area contributed by atoms with Crippen LogP contribution in [0.3, 0.4) is 0 Å². The molecule has 0 bridgehead atoms. The van der Waals surface area contributed by atoms with Crippen LogP contribution in [0.2, 0.25) is 0 Å². The molecule has 0 N–H and O–H groups in total. The highest BCUT2D eigenvalue weighted by atomic mass is 35.5. The van der Waals surface area contributed by atoms with E-state index < -0.39 is 15.7 Å². The molecule has 12 heteroatoms. The first-order chi connectivity index (χ1) is 52.2. The third-order valence-corrected chi connectivity index (χ3v) is 32.6. The summed E-state index contributed by atoms with van der Waals surface area (Å²) < 4.78 is 26.3. The van der Waals surface area contributed by atoms with Gasteiger partial charge in [0.25, 0.3) is 0 Å². The standard InChI is InChI=1S/2C48H104N4P.2ClH/c2*1-9-17-25-33-41-49(42-34-26-18-10-2)53(50(43-35-27-19-11-3)44-36-28-20-12-4,51(45-37-29-21-13-5)46-38-30-22-14-6)52(47-39-31-23-15-7)48-40-32-24-16-8;;/h2*9-48H2,1-8H3;2*1H/q2*+1;;/p-2. The average molecular weight is 1610 g/mol. The minimum atomic E-state index is -1.99. The van der Waals surface area contributed by atoms with Crippen molar-refractivity contribution >= 4 is 15.7 Å². The predicted octanol–water partition coefficient (Wildman–Crippen LogP) is 27.0. The molecule has 0 aliphatic heterocycles. The van der Waals surface area contributed by atoms with Crippen molar-refractivity contribution in [3.63, 3.8) is 0 Å². The summed E-state index contributed by atoms with van der Waals surface area (Å²) in [4.78, 5) is 0. The van der Waals surface area contributed by atoms with Crippen molar-refractivity contribution in [2.45, 2.75) is 522 Å². The lowest BCUT2D eigenvalue weighted by atomic mass is 10.2. The van der Waals surface area contributed by atoms with Gasteiger partial charge in [0.15, 0.2) is 0 Å². The number of rotatable bonds is 88. The molecule has 0 saturated heterocycles. The third-order valence-electron chi connectivity index (χ3n) is 23.4. The molecule has 0 atom stereocenters. The number of nitrogens with zero attached hydrogens (tertiary/aromatic N) is 8. The Hall–Kier alpha value is 1.12. The Morgan fingerprint density at radius 3 is 0.222 bits per heavy atom. The molecule has 0 unspecified atom stereocenters. The fourth-order valence-electron chi connectivity index (χ4n) is 16.7. The highest BCUT2D eigenvalue weighted by molar-refractivity contribution is 7.67. The highest BCUT2D eigenvalue weighted by Gasteiger charge is 2.62. The van der Waals surface area contributed by atoms with Gasteiger partial charge in [-0.3, -0.25) is 0 Å². The Morgan fingerprint density at radius 1 is 0.102 bits per heavy atom. The smallest absolute Gasteiger partial charge is 0.308 e. The van der Waals surface area contributed by atoms with E-state index in [1.165, 1.54) is 516 Å². The maximum Gasteiger partial charge on any atom is 0.308 e. The van der Waals surface area contributed by atoms with Crippen LogP contribution in [-0.2, 0) is 0 Å². The fourth-order valence-corrected chi connectivity index (χ4v) is 27.6. The van der Waals surface area contributed by atoms with Crippen molar-refractivity contribution in [3.05, 3.63) is 0 Å². The van der Waals surface area contributed by atoms with Crippen molar-refractivity contribution in [2.75, 3.05) is 105 Å². The van der Waals surface area contributed by atoms with Crippen LogP contribution in [0.5, 0.6) is 0 Å². The van der Waals surface area contributed by atoms with Crippen LogP contribution >= 0.6 is 15.7 Å². The van der Waals surface area contributed by atoms with Crippen LogP contribution in [0.4, 0.5) is 0 Å². The van der Waals surface area contributed by atoms with Crippen LogP contribution in [0.25, 0.3) is 0 Å². The molecular formula is C96H208Cl2N8P2. The summed E-state index contributed by atoms with van der Waals surface area (Å²) in [6.45, 7) is 59.3. The van der Waals surface area contributed by atoms with E-state index in [1.54, 1.807) is 0 Å². The van der Waals surface area contributed by atoms with Crippen molar-refractivity contribution in [1.82, 2.24) is 37.4 Å². The SMILES string of the molecule is CCCCCCN(CCCCCC)[P+](N(CCCCCC)CCCCCC)(N(CCCCCC)CCCCCC)N(CCCCCC)CCCCCC.CCCCCCN(CCCCCC)[P+](N(CCCCCC)CCCCCC)(N(CCCCCC)CCCCCC)N(CCCCCC)CCCCCC.[Cl-].[Cl-]. The first-order valence-corrected chi connectivity index (χ1v) is 53.2. The maximum absolute atomic E-state index is 3.29. The Kier molecular flexibility index (Phi) is 96.7. The third kappa shape index (κ3) is 57.3. The van der Waals surface area contributed by atoms with Gasteiger partial charge in [-0.05, 0) is 103 Å². The zero-order valence-electron chi connectivity index (χ0n) is 77.8. The largest absolute Gasteiger partial charge is 1.00 e. The van der Waals surface area contributed by atoms with Gasteiger partial charge in [0, 0.05) is 105 Å². The van der Waals surface area contributed by atoms with Crippen LogP contribution in [0.15, 0.2) is 0 Å². The molecule has 0 amide bonds. The molecule has 0 spiro atoms. The predicted molar refractivity (Wildman–Crippen MR) is 493 cm³/mol. The van der Waals surface area contributed by atoms with Gasteiger partial charge in [-0.25, -0.2) is 0 Å². The van der Waals surface area contributed by atoms with Gasteiger partial charge in [0.1, 0.15) is 0 Å². The molecule has 656 valence electrons. The Balaban J connectivity index is -0.000000983. The van der Waals surface area contributed by atoms with Gasteiger partial charge in [-0.15, -0.1) is 37.4 Å². The monoisotopic (exact) mass is 1610 g/mol. The molecule has 0 fully saturated rings. The first kappa shape index (κ1) is 115. The van der Waals surface area contributed by atoms with Crippen LogP contribution < -0.4 is 24.8 Å². The number of halogens is 2. The van der Waals surface area contributed by atoms with E-state index in [1.807, 2.05) is 0 Å². The Morgan fingerprint density at radius 2 is 0.167 bits per heavy atom. The summed E-state index contributed by atoms with van der Waals surface area (Å²) in [5.41, 5.74) is 0. The second kappa shape index (κ2) is 90.4. The summed E-state index contributed by atoms with van der Waals surface area (Å²) in [6.07, 6.45) is 88.0. The van der Waals surface area contributed by atoms with Crippen LogP contribution in [-0.4, -0.2) is 142 Å². The molecule has 0 aromatic rings. The van der Waals surface area contributed by atoms with Crippen molar-refractivity contribution in [3.8, 4) is 0 Å². The number of hydrogen-bond acceptors (Lipinski definition) is 8. The lowest BCUT2D eigenvalue weighted by molar-refractivity contribution is -0.00100. The van der Waals surface area contributed by atoms with Crippen LogP contribution in [0.1, 0.15) is 522 Å². The molecule has 0 rings (SSSR count). The van der Waals surface area contributed by atoms with E-state index in [-0.39, 0.29) is 24.8 Å².